The van der Waals surface area contributed by atoms with Crippen LogP contribution in [0, 0.1) is 0 Å². The van der Waals surface area contributed by atoms with Crippen LogP contribution in [-0.2, 0) is 15.8 Å². The second-order valence-corrected chi connectivity index (χ2v) is 11.1. The highest BCUT2D eigenvalue weighted by Gasteiger charge is 2.37. The van der Waals surface area contributed by atoms with E-state index in [1.54, 1.807) is 18.2 Å². The predicted octanol–water partition coefficient (Wildman–Crippen LogP) is 3.40. The number of hydrogen-bond donors (Lipinski definition) is 4. The van der Waals surface area contributed by atoms with Gasteiger partial charge in [0.2, 0.25) is 5.95 Å². The smallest absolute Gasteiger partial charge is 0.421 e. The van der Waals surface area contributed by atoms with Crippen LogP contribution in [0.3, 0.4) is 0 Å². The van der Waals surface area contributed by atoms with Crippen molar-refractivity contribution in [1.29, 1.82) is 0 Å². The number of likely N-dealkylation sites (N-methyl/N-ethyl adjacent to an activating group) is 1. The minimum Gasteiger partial charge on any atom is -0.495 e. The Kier molecular flexibility index (Phi) is 11.2. The molecular formula is C29H41F3N8O4. The Hall–Kier alpha value is -3.69. The van der Waals surface area contributed by atoms with Gasteiger partial charge >= 0.3 is 6.18 Å². The van der Waals surface area contributed by atoms with E-state index < -0.39 is 17.8 Å². The largest absolute Gasteiger partial charge is 0.495 e. The fraction of sp³-hybridized carbons (Fsp3) is 0.586. The normalized spacial score (nSPS) is 19.7. The third kappa shape index (κ3) is 8.70. The number of rotatable bonds is 11. The highest BCUT2D eigenvalue weighted by Crippen LogP contribution is 2.36. The first-order valence-corrected chi connectivity index (χ1v) is 14.7. The molecule has 242 valence electrons. The zero-order chi connectivity index (χ0) is 31.9. The molecule has 12 nitrogen and oxygen atoms in total. The molecule has 4 rings (SSSR count). The topological polar surface area (TPSA) is 133 Å². The number of likely N-dealkylation sites (tertiary alicyclic amines) is 1. The molecule has 44 heavy (non-hydrogen) atoms. The third-order valence-corrected chi connectivity index (χ3v) is 8.09. The lowest BCUT2D eigenvalue weighted by atomic mass is 9.90. The minimum atomic E-state index is -4.70. The molecule has 1 aromatic carbocycles. The number of piperidine rings is 1. The van der Waals surface area contributed by atoms with E-state index in [1.165, 1.54) is 21.3 Å². The summed E-state index contributed by atoms with van der Waals surface area (Å²) in [7, 11) is 6.34. The van der Waals surface area contributed by atoms with E-state index in [9.17, 15) is 22.8 Å². The van der Waals surface area contributed by atoms with E-state index in [2.05, 4.69) is 36.1 Å². The molecular weight excluding hydrogens is 581 g/mol. The number of hydroxylamine groups is 2. The maximum Gasteiger partial charge on any atom is 0.421 e. The molecule has 1 aliphatic heterocycles. The Balaban J connectivity index is 1.50. The van der Waals surface area contributed by atoms with Crippen LogP contribution in [0.2, 0.25) is 0 Å². The van der Waals surface area contributed by atoms with Gasteiger partial charge in [-0.25, -0.2) is 10.0 Å². The van der Waals surface area contributed by atoms with Gasteiger partial charge in [0, 0.05) is 36.9 Å². The molecule has 0 spiro atoms. The Labute approximate surface area is 255 Å². The molecule has 4 N–H and O–H groups in total. The van der Waals surface area contributed by atoms with Crippen LogP contribution in [0.25, 0.3) is 0 Å². The molecule has 0 unspecified atom stereocenters. The Morgan fingerprint density at radius 2 is 1.80 bits per heavy atom. The standard InChI is InChI=1S/C29H41F3N8O4/c1-39-13-11-19(12-14-39)35-27(42)18-9-10-23(24(15-18)43-3)37-28-34-16-20(29(30,31)32)26(38-28)36-22-8-6-5-7-21(22)33-17-25(41)40(2)44-4/h9-10,15-16,19,21-22,33H,5-8,11-14,17H2,1-4H3,(H,35,42)(H2,34,36,37,38)/t21-,22-/m1/s1. The number of carbonyl (C=O) groups excluding carboxylic acids is 2. The van der Waals surface area contributed by atoms with Crippen LogP contribution < -0.4 is 26.0 Å². The second-order valence-electron chi connectivity index (χ2n) is 11.1. The quantitative estimate of drug-likeness (QED) is 0.277. The number of amides is 2. The lowest BCUT2D eigenvalue weighted by Gasteiger charge is -2.34. The van der Waals surface area contributed by atoms with E-state index in [0.717, 1.165) is 50.0 Å². The number of hydrogen-bond acceptors (Lipinski definition) is 10. The van der Waals surface area contributed by atoms with Crippen LogP contribution >= 0.6 is 0 Å². The number of nitrogens with one attached hydrogen (secondary N) is 4. The zero-order valence-electron chi connectivity index (χ0n) is 25.5. The summed E-state index contributed by atoms with van der Waals surface area (Å²) >= 11 is 0. The van der Waals surface area contributed by atoms with Gasteiger partial charge in [0.05, 0.1) is 26.5 Å². The van der Waals surface area contributed by atoms with Gasteiger partial charge in [-0.15, -0.1) is 0 Å². The van der Waals surface area contributed by atoms with Crippen molar-refractivity contribution < 1.29 is 32.3 Å². The average Bonchev–Trinajstić information content (AvgIpc) is 3.00. The van der Waals surface area contributed by atoms with Crippen molar-refractivity contribution in [3.63, 3.8) is 0 Å². The van der Waals surface area contributed by atoms with Crippen molar-refractivity contribution in [3.8, 4) is 5.75 Å². The maximum absolute atomic E-state index is 14.0. The highest BCUT2D eigenvalue weighted by atomic mass is 19.4. The number of alkyl halides is 3. The van der Waals surface area contributed by atoms with Gasteiger partial charge in [-0.3, -0.25) is 14.4 Å². The van der Waals surface area contributed by atoms with Gasteiger partial charge in [0.15, 0.2) is 0 Å². The second kappa shape index (κ2) is 14.9. The summed E-state index contributed by atoms with van der Waals surface area (Å²) in [5.41, 5.74) is -0.226. The fourth-order valence-electron chi connectivity index (χ4n) is 5.39. The van der Waals surface area contributed by atoms with Crippen LogP contribution in [-0.4, -0.2) is 97.8 Å². The summed E-state index contributed by atoms with van der Waals surface area (Å²) in [4.78, 5) is 40.3. The maximum atomic E-state index is 14.0. The van der Waals surface area contributed by atoms with E-state index in [4.69, 9.17) is 9.57 Å². The van der Waals surface area contributed by atoms with E-state index in [1.807, 2.05) is 7.05 Å². The highest BCUT2D eigenvalue weighted by molar-refractivity contribution is 5.95. The monoisotopic (exact) mass is 622 g/mol. The first kappa shape index (κ1) is 33.2. The number of carbonyl (C=O) groups is 2. The van der Waals surface area contributed by atoms with Gasteiger partial charge in [-0.05, 0) is 64.0 Å². The van der Waals surface area contributed by atoms with Crippen LogP contribution in [0.5, 0.6) is 5.75 Å². The molecule has 1 saturated carbocycles. The van der Waals surface area contributed by atoms with E-state index in [0.29, 0.717) is 29.8 Å². The van der Waals surface area contributed by atoms with Gasteiger partial charge in [-0.2, -0.15) is 18.2 Å². The molecule has 2 atom stereocenters. The van der Waals surface area contributed by atoms with Gasteiger partial charge in [0.1, 0.15) is 17.1 Å². The number of halogens is 3. The molecule has 2 aromatic rings. The fourth-order valence-corrected chi connectivity index (χ4v) is 5.39. The molecule has 1 saturated heterocycles. The first-order chi connectivity index (χ1) is 21.0. The van der Waals surface area contributed by atoms with Gasteiger partial charge < -0.3 is 30.9 Å². The number of methoxy groups -OCH3 is 1. The number of ether oxygens (including phenoxy) is 1. The van der Waals surface area contributed by atoms with Crippen molar-refractivity contribution in [2.45, 2.75) is 62.8 Å². The lowest BCUT2D eigenvalue weighted by Crippen LogP contribution is -2.49. The van der Waals surface area contributed by atoms with Crippen molar-refractivity contribution >= 4 is 29.3 Å². The summed E-state index contributed by atoms with van der Waals surface area (Å²) in [6.07, 6.45) is 0.709. The zero-order valence-corrected chi connectivity index (χ0v) is 25.5. The lowest BCUT2D eigenvalue weighted by molar-refractivity contribution is -0.167. The van der Waals surface area contributed by atoms with Crippen LogP contribution in [0.15, 0.2) is 24.4 Å². The minimum absolute atomic E-state index is 0.0261. The summed E-state index contributed by atoms with van der Waals surface area (Å²) in [6.45, 7) is 1.79. The summed E-state index contributed by atoms with van der Waals surface area (Å²) < 4.78 is 47.4. The van der Waals surface area contributed by atoms with Crippen molar-refractivity contribution in [3.05, 3.63) is 35.5 Å². The molecule has 1 aromatic heterocycles. The van der Waals surface area contributed by atoms with Crippen molar-refractivity contribution in [2.75, 3.05) is 58.6 Å². The Morgan fingerprint density at radius 3 is 2.45 bits per heavy atom. The summed E-state index contributed by atoms with van der Waals surface area (Å²) in [5, 5.41) is 13.2. The van der Waals surface area contributed by atoms with Crippen molar-refractivity contribution in [2.24, 2.45) is 0 Å². The average molecular weight is 623 g/mol. The molecule has 0 bridgehead atoms. The molecule has 0 radical (unpaired) electrons. The van der Waals surface area contributed by atoms with Crippen molar-refractivity contribution in [1.82, 2.24) is 30.6 Å². The predicted molar refractivity (Wildman–Crippen MR) is 159 cm³/mol. The van der Waals surface area contributed by atoms with Gasteiger partial charge in [-0.1, -0.05) is 12.8 Å². The van der Waals surface area contributed by atoms with Gasteiger partial charge in [0.25, 0.3) is 11.8 Å². The van der Waals surface area contributed by atoms with Crippen LogP contribution in [0.1, 0.15) is 54.4 Å². The number of benzene rings is 1. The molecule has 1 aliphatic carbocycles. The first-order valence-electron chi connectivity index (χ1n) is 14.7. The Bertz CT molecular complexity index is 1290. The number of nitrogens with zero attached hydrogens (tertiary/aromatic N) is 4. The van der Waals surface area contributed by atoms with E-state index in [-0.39, 0.29) is 42.2 Å². The molecule has 2 heterocycles. The Morgan fingerprint density at radius 1 is 1.09 bits per heavy atom. The SMILES string of the molecule is COc1cc(C(=O)NC2CCN(C)CC2)ccc1Nc1ncc(C(F)(F)F)c(N[C@@H]2CCCC[C@H]2NCC(=O)N(C)OC)n1. The molecule has 2 aliphatic rings. The third-order valence-electron chi connectivity index (χ3n) is 8.09. The molecule has 15 heteroatoms. The summed E-state index contributed by atoms with van der Waals surface area (Å²) in [5.74, 6) is -0.684. The molecule has 2 amide bonds. The number of aromatic nitrogens is 2. The summed E-state index contributed by atoms with van der Waals surface area (Å²) in [6, 6.07) is 4.19. The van der Waals surface area contributed by atoms with E-state index >= 15 is 0 Å². The molecule has 2 fully saturated rings. The number of anilines is 3. The van der Waals surface area contributed by atoms with Crippen LogP contribution in [0.4, 0.5) is 30.6 Å².